The fourth-order valence-corrected chi connectivity index (χ4v) is 4.02. The van der Waals surface area contributed by atoms with E-state index in [-0.39, 0.29) is 11.4 Å². The van der Waals surface area contributed by atoms with Crippen molar-refractivity contribution in [3.05, 3.63) is 29.3 Å². The molecule has 2 aliphatic heterocycles. The largest absolute Gasteiger partial charge is 0.465 e. The Morgan fingerprint density at radius 1 is 1.40 bits per heavy atom. The minimum absolute atomic E-state index is 0.218. The zero-order valence-electron chi connectivity index (χ0n) is 14.9. The second kappa shape index (κ2) is 7.88. The van der Waals surface area contributed by atoms with Crippen molar-refractivity contribution >= 4 is 11.7 Å². The number of carbonyl (C=O) groups excluding carboxylic acids is 1. The molecule has 1 aromatic rings. The van der Waals surface area contributed by atoms with Crippen LogP contribution in [0.3, 0.4) is 0 Å². The highest BCUT2D eigenvalue weighted by atomic mass is 16.5. The predicted molar refractivity (Wildman–Crippen MR) is 95.6 cm³/mol. The van der Waals surface area contributed by atoms with Crippen LogP contribution in [0.5, 0.6) is 0 Å². The third kappa shape index (κ3) is 3.80. The summed E-state index contributed by atoms with van der Waals surface area (Å²) in [4.78, 5) is 14.4. The van der Waals surface area contributed by atoms with Gasteiger partial charge in [0.2, 0.25) is 0 Å². The van der Waals surface area contributed by atoms with Crippen LogP contribution >= 0.6 is 0 Å². The van der Waals surface area contributed by atoms with Gasteiger partial charge in [0.15, 0.2) is 0 Å². The molecule has 5 heteroatoms. The van der Waals surface area contributed by atoms with Crippen molar-refractivity contribution in [1.29, 1.82) is 5.26 Å². The fourth-order valence-electron chi connectivity index (χ4n) is 4.02. The molecule has 0 bridgehead atoms. The van der Waals surface area contributed by atoms with Crippen LogP contribution in [0.25, 0.3) is 0 Å². The lowest BCUT2D eigenvalue weighted by Crippen LogP contribution is -2.33. The molecule has 0 radical (unpaired) electrons. The molecule has 0 aliphatic carbocycles. The summed E-state index contributed by atoms with van der Waals surface area (Å²) in [7, 11) is 1.43. The van der Waals surface area contributed by atoms with Gasteiger partial charge in [-0.15, -0.1) is 0 Å². The van der Waals surface area contributed by atoms with E-state index in [1.165, 1.54) is 7.11 Å². The smallest absolute Gasteiger partial charge is 0.338 e. The van der Waals surface area contributed by atoms with Crippen molar-refractivity contribution in [2.45, 2.75) is 38.5 Å². The Morgan fingerprint density at radius 2 is 2.20 bits per heavy atom. The summed E-state index contributed by atoms with van der Waals surface area (Å²) < 4.78 is 10.3. The van der Waals surface area contributed by atoms with E-state index in [1.54, 1.807) is 0 Å². The van der Waals surface area contributed by atoms with Crippen LogP contribution in [0.2, 0.25) is 0 Å². The molecule has 1 saturated heterocycles. The molecular formula is C20H26N2O3. The van der Waals surface area contributed by atoms with Crippen LogP contribution in [0, 0.1) is 16.7 Å². The Morgan fingerprint density at radius 3 is 2.92 bits per heavy atom. The normalized spacial score (nSPS) is 19.0. The van der Waals surface area contributed by atoms with Gasteiger partial charge in [-0.3, -0.25) is 0 Å². The highest BCUT2D eigenvalue weighted by Crippen LogP contribution is 2.36. The SMILES string of the molecule is COC(=O)c1cccc2c1CCCN2CCCC1(C#N)CCOCC1. The summed E-state index contributed by atoms with van der Waals surface area (Å²) in [6.07, 6.45) is 5.53. The second-order valence-electron chi connectivity index (χ2n) is 6.99. The molecule has 134 valence electrons. The average molecular weight is 342 g/mol. The molecule has 0 atom stereocenters. The first-order chi connectivity index (χ1) is 12.2. The Labute approximate surface area is 149 Å². The van der Waals surface area contributed by atoms with Crippen molar-refractivity contribution in [1.82, 2.24) is 0 Å². The van der Waals surface area contributed by atoms with E-state index < -0.39 is 0 Å². The minimum Gasteiger partial charge on any atom is -0.465 e. The molecule has 0 unspecified atom stereocenters. The van der Waals surface area contributed by atoms with E-state index in [4.69, 9.17) is 9.47 Å². The minimum atomic E-state index is -0.260. The summed E-state index contributed by atoms with van der Waals surface area (Å²) in [5, 5.41) is 9.59. The van der Waals surface area contributed by atoms with Crippen LogP contribution in [0.4, 0.5) is 5.69 Å². The van der Waals surface area contributed by atoms with E-state index in [0.29, 0.717) is 18.8 Å². The Bertz CT molecular complexity index is 659. The van der Waals surface area contributed by atoms with Gasteiger partial charge in [0.05, 0.1) is 24.2 Å². The molecule has 25 heavy (non-hydrogen) atoms. The number of esters is 1. The van der Waals surface area contributed by atoms with Crippen molar-refractivity contribution in [2.75, 3.05) is 38.3 Å². The number of ether oxygens (including phenoxy) is 2. The fraction of sp³-hybridized carbons (Fsp3) is 0.600. The molecule has 0 spiro atoms. The summed E-state index contributed by atoms with van der Waals surface area (Å²) >= 11 is 0. The van der Waals surface area contributed by atoms with Crippen molar-refractivity contribution in [3.8, 4) is 6.07 Å². The highest BCUT2D eigenvalue weighted by molar-refractivity contribution is 5.93. The second-order valence-corrected chi connectivity index (χ2v) is 6.99. The van der Waals surface area contributed by atoms with E-state index in [1.807, 2.05) is 12.1 Å². The number of nitriles is 1. The first kappa shape index (κ1) is 17.8. The molecule has 5 nitrogen and oxygen atoms in total. The topological polar surface area (TPSA) is 62.6 Å². The lowest BCUT2D eigenvalue weighted by molar-refractivity contribution is 0.0363. The van der Waals surface area contributed by atoms with Gasteiger partial charge in [-0.05, 0) is 56.2 Å². The maximum absolute atomic E-state index is 12.0. The maximum atomic E-state index is 12.0. The molecule has 3 rings (SSSR count). The number of fused-ring (bicyclic) bond motifs is 1. The first-order valence-electron chi connectivity index (χ1n) is 9.13. The van der Waals surface area contributed by atoms with Gasteiger partial charge in [-0.2, -0.15) is 5.26 Å². The van der Waals surface area contributed by atoms with Gasteiger partial charge in [-0.25, -0.2) is 4.79 Å². The van der Waals surface area contributed by atoms with Crippen molar-refractivity contribution in [3.63, 3.8) is 0 Å². The number of nitrogens with zero attached hydrogens (tertiary/aromatic N) is 2. The Balaban J connectivity index is 1.67. The van der Waals surface area contributed by atoms with Crippen LogP contribution in [-0.4, -0.2) is 39.4 Å². The van der Waals surface area contributed by atoms with E-state index in [2.05, 4.69) is 17.0 Å². The van der Waals surface area contributed by atoms with Gasteiger partial charge in [-0.1, -0.05) is 6.07 Å². The van der Waals surface area contributed by atoms with E-state index in [9.17, 15) is 10.1 Å². The number of carbonyl (C=O) groups is 1. The zero-order chi connectivity index (χ0) is 17.7. The molecular weight excluding hydrogens is 316 g/mol. The van der Waals surface area contributed by atoms with E-state index >= 15 is 0 Å². The monoisotopic (exact) mass is 342 g/mol. The van der Waals surface area contributed by atoms with E-state index in [0.717, 1.165) is 62.9 Å². The predicted octanol–water partition coefficient (Wildman–Crippen LogP) is 3.33. The summed E-state index contributed by atoms with van der Waals surface area (Å²) in [5.41, 5.74) is 2.71. The van der Waals surface area contributed by atoms with Crippen LogP contribution < -0.4 is 4.90 Å². The molecule has 0 aromatic heterocycles. The molecule has 0 amide bonds. The van der Waals surface area contributed by atoms with Crippen LogP contribution in [0.1, 0.15) is 48.0 Å². The van der Waals surface area contributed by atoms with Gasteiger partial charge < -0.3 is 14.4 Å². The molecule has 1 fully saturated rings. The average Bonchev–Trinajstić information content (AvgIpc) is 2.68. The summed E-state index contributed by atoms with van der Waals surface area (Å²) in [6, 6.07) is 8.42. The molecule has 0 saturated carbocycles. The number of hydrogen-bond donors (Lipinski definition) is 0. The van der Waals surface area contributed by atoms with Crippen molar-refractivity contribution < 1.29 is 14.3 Å². The van der Waals surface area contributed by atoms with Gasteiger partial charge >= 0.3 is 5.97 Å². The third-order valence-corrected chi connectivity index (χ3v) is 5.52. The number of hydrogen-bond acceptors (Lipinski definition) is 5. The molecule has 0 N–H and O–H groups in total. The van der Waals surface area contributed by atoms with Gasteiger partial charge in [0.1, 0.15) is 0 Å². The van der Waals surface area contributed by atoms with Gasteiger partial charge in [0.25, 0.3) is 0 Å². The standard InChI is InChI=1S/C20H26N2O3/c1-24-19(23)17-5-2-7-18-16(17)6-3-11-22(18)12-4-8-20(15-21)9-13-25-14-10-20/h2,5,7H,3-4,6,8-14H2,1H3. The third-order valence-electron chi connectivity index (χ3n) is 5.52. The quantitative estimate of drug-likeness (QED) is 0.768. The lowest BCUT2D eigenvalue weighted by Gasteiger charge is -2.34. The van der Waals surface area contributed by atoms with Crippen molar-refractivity contribution in [2.24, 2.45) is 5.41 Å². The zero-order valence-corrected chi connectivity index (χ0v) is 14.9. The highest BCUT2D eigenvalue weighted by Gasteiger charge is 2.32. The lowest BCUT2D eigenvalue weighted by atomic mass is 9.78. The summed E-state index contributed by atoms with van der Waals surface area (Å²) in [6.45, 7) is 3.31. The number of anilines is 1. The first-order valence-corrected chi connectivity index (χ1v) is 9.13. The number of rotatable bonds is 5. The number of benzene rings is 1. The van der Waals surface area contributed by atoms with Crippen LogP contribution in [0.15, 0.2) is 18.2 Å². The summed E-state index contributed by atoms with van der Waals surface area (Å²) in [5.74, 6) is -0.260. The maximum Gasteiger partial charge on any atom is 0.338 e. The Hall–Kier alpha value is -2.06. The number of methoxy groups -OCH3 is 1. The molecule has 2 heterocycles. The van der Waals surface area contributed by atoms with Gasteiger partial charge in [0, 0.05) is 32.0 Å². The van der Waals surface area contributed by atoms with Crippen LogP contribution in [-0.2, 0) is 15.9 Å². The molecule has 1 aromatic carbocycles. The Kier molecular flexibility index (Phi) is 5.60. The molecule has 2 aliphatic rings.